The van der Waals surface area contributed by atoms with Gasteiger partial charge in [-0.15, -0.1) is 0 Å². The minimum absolute atomic E-state index is 0.187. The van der Waals surface area contributed by atoms with Crippen molar-refractivity contribution in [3.63, 3.8) is 0 Å². The van der Waals surface area contributed by atoms with Gasteiger partial charge in [0.25, 0.3) is 0 Å². The summed E-state index contributed by atoms with van der Waals surface area (Å²) in [6, 6.07) is 0.568. The molecule has 0 aromatic carbocycles. The summed E-state index contributed by atoms with van der Waals surface area (Å²) in [5, 5.41) is 3.49. The van der Waals surface area contributed by atoms with Crippen molar-refractivity contribution >= 4 is 5.78 Å². The summed E-state index contributed by atoms with van der Waals surface area (Å²) < 4.78 is 0. The van der Waals surface area contributed by atoms with Crippen molar-refractivity contribution in [2.75, 3.05) is 0 Å². The number of hydrogen-bond acceptors (Lipinski definition) is 2. The van der Waals surface area contributed by atoms with Crippen LogP contribution in [0.1, 0.15) is 40.5 Å². The van der Waals surface area contributed by atoms with E-state index in [1.165, 1.54) is 0 Å². The van der Waals surface area contributed by atoms with Crippen LogP contribution < -0.4 is 5.32 Å². The third-order valence-corrected chi connectivity index (χ3v) is 2.35. The summed E-state index contributed by atoms with van der Waals surface area (Å²) in [6.45, 7) is 8.17. The molecule has 2 heteroatoms. The standard InChI is InChI=1S/C10H19NO/c1-7(12)8-5-9(6-8)11-10(2,3)4/h8-9,11H,5-6H2,1-4H3. The van der Waals surface area contributed by atoms with E-state index in [2.05, 4.69) is 26.1 Å². The third-order valence-electron chi connectivity index (χ3n) is 2.35. The summed E-state index contributed by atoms with van der Waals surface area (Å²) >= 11 is 0. The lowest BCUT2D eigenvalue weighted by molar-refractivity contribution is -0.124. The first-order valence-electron chi connectivity index (χ1n) is 4.66. The van der Waals surface area contributed by atoms with Crippen LogP contribution in [0.25, 0.3) is 0 Å². The van der Waals surface area contributed by atoms with Crippen LogP contribution in [0.3, 0.4) is 0 Å². The molecule has 0 aromatic heterocycles. The van der Waals surface area contributed by atoms with Gasteiger partial charge in [-0.25, -0.2) is 0 Å². The molecule has 0 atom stereocenters. The second-order valence-corrected chi connectivity index (χ2v) is 4.87. The first kappa shape index (κ1) is 9.72. The van der Waals surface area contributed by atoms with Crippen molar-refractivity contribution < 1.29 is 4.79 Å². The SMILES string of the molecule is CC(=O)C1CC(NC(C)(C)C)C1. The zero-order valence-electron chi connectivity index (χ0n) is 8.48. The molecule has 0 unspecified atom stereocenters. The summed E-state index contributed by atoms with van der Waals surface area (Å²) in [5.74, 6) is 0.687. The molecule has 2 nitrogen and oxygen atoms in total. The monoisotopic (exact) mass is 169 g/mol. The van der Waals surface area contributed by atoms with Crippen molar-refractivity contribution in [1.29, 1.82) is 0 Å². The molecule has 0 aliphatic heterocycles. The third kappa shape index (κ3) is 2.59. The van der Waals surface area contributed by atoms with E-state index in [0.717, 1.165) is 12.8 Å². The molecule has 0 radical (unpaired) electrons. The number of Topliss-reactive ketones (excluding diaryl/α,β-unsaturated/α-hetero) is 1. The van der Waals surface area contributed by atoms with E-state index in [-0.39, 0.29) is 5.54 Å². The van der Waals surface area contributed by atoms with E-state index in [1.54, 1.807) is 6.92 Å². The van der Waals surface area contributed by atoms with Crippen LogP contribution in [0.15, 0.2) is 0 Å². The molecular formula is C10H19NO. The van der Waals surface area contributed by atoms with Crippen molar-refractivity contribution in [3.8, 4) is 0 Å². The van der Waals surface area contributed by atoms with Crippen molar-refractivity contribution in [1.82, 2.24) is 5.32 Å². The molecule has 0 heterocycles. The van der Waals surface area contributed by atoms with Gasteiger partial charge in [-0.1, -0.05) is 0 Å². The van der Waals surface area contributed by atoms with Crippen LogP contribution >= 0.6 is 0 Å². The number of nitrogens with one attached hydrogen (secondary N) is 1. The quantitative estimate of drug-likeness (QED) is 0.682. The van der Waals surface area contributed by atoms with Crippen molar-refractivity contribution in [3.05, 3.63) is 0 Å². The van der Waals surface area contributed by atoms with E-state index in [0.29, 0.717) is 17.7 Å². The summed E-state index contributed by atoms with van der Waals surface area (Å²) in [4.78, 5) is 10.9. The zero-order valence-corrected chi connectivity index (χ0v) is 8.48. The van der Waals surface area contributed by atoms with Gasteiger partial charge in [-0.2, -0.15) is 0 Å². The van der Waals surface area contributed by atoms with E-state index in [4.69, 9.17) is 0 Å². The second kappa shape index (κ2) is 3.17. The van der Waals surface area contributed by atoms with E-state index >= 15 is 0 Å². The summed E-state index contributed by atoms with van der Waals surface area (Å²) in [6.07, 6.45) is 2.07. The Hall–Kier alpha value is -0.370. The average molecular weight is 169 g/mol. The predicted molar refractivity (Wildman–Crippen MR) is 50.1 cm³/mol. The van der Waals surface area contributed by atoms with Crippen LogP contribution in [0.2, 0.25) is 0 Å². The van der Waals surface area contributed by atoms with Crippen LogP contribution in [0.5, 0.6) is 0 Å². The van der Waals surface area contributed by atoms with Crippen LogP contribution in [0.4, 0.5) is 0 Å². The van der Waals surface area contributed by atoms with E-state index < -0.39 is 0 Å². The molecule has 1 aliphatic rings. The number of carbonyl (C=O) groups is 1. The van der Waals surface area contributed by atoms with Crippen LogP contribution in [-0.4, -0.2) is 17.4 Å². The number of rotatable bonds is 2. The predicted octanol–water partition coefficient (Wildman–Crippen LogP) is 1.74. The maximum Gasteiger partial charge on any atom is 0.133 e. The summed E-state index contributed by atoms with van der Waals surface area (Å²) in [5.41, 5.74) is 0.187. The molecule has 1 saturated carbocycles. The van der Waals surface area contributed by atoms with Gasteiger partial charge in [0.2, 0.25) is 0 Å². The first-order chi connectivity index (χ1) is 5.38. The fourth-order valence-corrected chi connectivity index (χ4v) is 1.68. The fourth-order valence-electron chi connectivity index (χ4n) is 1.68. The Morgan fingerprint density at radius 3 is 2.17 bits per heavy atom. The zero-order chi connectivity index (χ0) is 9.35. The molecule has 1 N–H and O–H groups in total. The van der Waals surface area contributed by atoms with Crippen molar-refractivity contribution in [2.45, 2.75) is 52.1 Å². The Morgan fingerprint density at radius 1 is 1.33 bits per heavy atom. The van der Waals surface area contributed by atoms with E-state index in [9.17, 15) is 4.79 Å². The van der Waals surface area contributed by atoms with Crippen LogP contribution in [-0.2, 0) is 4.79 Å². The second-order valence-electron chi connectivity index (χ2n) is 4.87. The minimum atomic E-state index is 0.187. The molecule has 1 rings (SSSR count). The smallest absolute Gasteiger partial charge is 0.133 e. The topological polar surface area (TPSA) is 29.1 Å². The minimum Gasteiger partial charge on any atom is -0.309 e. The van der Waals surface area contributed by atoms with Gasteiger partial charge < -0.3 is 5.32 Å². The average Bonchev–Trinajstić information content (AvgIpc) is 1.74. The summed E-state index contributed by atoms with van der Waals surface area (Å²) in [7, 11) is 0. The Kier molecular flexibility index (Phi) is 2.57. The van der Waals surface area contributed by atoms with Gasteiger partial charge in [-0.3, -0.25) is 4.79 Å². The van der Waals surface area contributed by atoms with Crippen LogP contribution in [0, 0.1) is 5.92 Å². The van der Waals surface area contributed by atoms with Gasteiger partial charge in [0.05, 0.1) is 0 Å². The van der Waals surface area contributed by atoms with Gasteiger partial charge in [-0.05, 0) is 40.5 Å². The molecule has 0 bridgehead atoms. The van der Waals surface area contributed by atoms with Gasteiger partial charge in [0, 0.05) is 17.5 Å². The highest BCUT2D eigenvalue weighted by molar-refractivity contribution is 5.79. The molecule has 1 fully saturated rings. The lowest BCUT2D eigenvalue weighted by atomic mass is 9.77. The fraction of sp³-hybridized carbons (Fsp3) is 0.900. The molecule has 12 heavy (non-hydrogen) atoms. The highest BCUT2D eigenvalue weighted by atomic mass is 16.1. The molecular weight excluding hydrogens is 150 g/mol. The molecule has 0 aromatic rings. The van der Waals surface area contributed by atoms with E-state index in [1.807, 2.05) is 0 Å². The highest BCUT2D eigenvalue weighted by Gasteiger charge is 2.33. The Labute approximate surface area is 74.7 Å². The van der Waals surface area contributed by atoms with Gasteiger partial charge >= 0.3 is 0 Å². The number of carbonyl (C=O) groups excluding carboxylic acids is 1. The normalized spacial score (nSPS) is 29.7. The molecule has 0 spiro atoms. The van der Waals surface area contributed by atoms with Gasteiger partial charge in [0.1, 0.15) is 5.78 Å². The molecule has 70 valence electrons. The maximum atomic E-state index is 10.9. The molecule has 1 aliphatic carbocycles. The number of ketones is 1. The van der Waals surface area contributed by atoms with Gasteiger partial charge in [0.15, 0.2) is 0 Å². The Morgan fingerprint density at radius 2 is 1.83 bits per heavy atom. The largest absolute Gasteiger partial charge is 0.309 e. The Balaban J connectivity index is 2.22. The number of hydrogen-bond donors (Lipinski definition) is 1. The molecule has 0 amide bonds. The molecule has 0 saturated heterocycles. The Bertz CT molecular complexity index is 175. The van der Waals surface area contributed by atoms with Crippen molar-refractivity contribution in [2.24, 2.45) is 5.92 Å². The maximum absolute atomic E-state index is 10.9. The first-order valence-corrected chi connectivity index (χ1v) is 4.66. The highest BCUT2D eigenvalue weighted by Crippen LogP contribution is 2.29. The lowest BCUT2D eigenvalue weighted by Crippen LogP contribution is -2.51. The lowest BCUT2D eigenvalue weighted by Gasteiger charge is -2.39.